The molecular weight excluding hydrogens is 388 g/mol. The average molecular weight is 401 g/mol. The number of ether oxygens (including phenoxy) is 2. The van der Waals surface area contributed by atoms with Gasteiger partial charge < -0.3 is 9.47 Å². The summed E-state index contributed by atoms with van der Waals surface area (Å²) in [6.07, 6.45) is -4.62. The maximum absolute atomic E-state index is 12.7. The Hall–Kier alpha value is -2.11. The quantitative estimate of drug-likeness (QED) is 0.524. The molecule has 12 heteroatoms. The molecule has 0 saturated carbocycles. The zero-order valence-electron chi connectivity index (χ0n) is 13.5. The molecule has 0 aliphatic rings. The van der Waals surface area contributed by atoms with E-state index >= 15 is 0 Å². The van der Waals surface area contributed by atoms with Gasteiger partial charge in [0.05, 0.1) is 6.61 Å². The summed E-state index contributed by atoms with van der Waals surface area (Å²) in [7, 11) is 1.27. The van der Waals surface area contributed by atoms with Crippen molar-refractivity contribution in [3.05, 3.63) is 29.5 Å². The standard InChI is InChI=1S/C14H13F6N3O2S/c1-8-5-10(24-3-4-26-14(18,19)20)21-11(6-8)25-12-7-9(13(15,16)17)22-23(12)2/h5-7H,3-4H2,1-2H3. The lowest BCUT2D eigenvalue weighted by Crippen LogP contribution is -2.08. The first-order valence-corrected chi connectivity index (χ1v) is 8.04. The molecule has 0 fully saturated rings. The smallest absolute Gasteiger partial charge is 0.441 e. The van der Waals surface area contributed by atoms with Gasteiger partial charge in [0.2, 0.25) is 17.6 Å². The minimum absolute atomic E-state index is 0.000915. The van der Waals surface area contributed by atoms with Gasteiger partial charge in [0, 0.05) is 31.0 Å². The highest BCUT2D eigenvalue weighted by atomic mass is 32.2. The molecule has 0 aliphatic carbocycles. The summed E-state index contributed by atoms with van der Waals surface area (Å²) in [5.74, 6) is -0.596. The van der Waals surface area contributed by atoms with Gasteiger partial charge in [-0.2, -0.15) is 36.4 Å². The minimum Gasteiger partial charge on any atom is -0.477 e. The van der Waals surface area contributed by atoms with E-state index in [1.54, 1.807) is 6.92 Å². The van der Waals surface area contributed by atoms with Gasteiger partial charge in [-0.1, -0.05) is 0 Å². The van der Waals surface area contributed by atoms with Crippen molar-refractivity contribution < 1.29 is 35.8 Å². The molecule has 26 heavy (non-hydrogen) atoms. The third-order valence-corrected chi connectivity index (χ3v) is 3.56. The van der Waals surface area contributed by atoms with Crippen molar-refractivity contribution in [3.8, 4) is 17.6 Å². The number of pyridine rings is 1. The van der Waals surface area contributed by atoms with Crippen LogP contribution in [0.1, 0.15) is 11.3 Å². The topological polar surface area (TPSA) is 49.2 Å². The number of aryl methyl sites for hydroxylation is 2. The summed E-state index contributed by atoms with van der Waals surface area (Å²) in [5.41, 5.74) is -4.87. The molecule has 0 N–H and O–H groups in total. The average Bonchev–Trinajstić information content (AvgIpc) is 2.83. The molecule has 0 aliphatic heterocycles. The van der Waals surface area contributed by atoms with Gasteiger partial charge in [0.1, 0.15) is 0 Å². The van der Waals surface area contributed by atoms with E-state index in [0.717, 1.165) is 4.68 Å². The molecule has 0 radical (unpaired) electrons. The Bertz CT molecular complexity index is 760. The fourth-order valence-corrected chi connectivity index (χ4v) is 2.22. The molecule has 0 unspecified atom stereocenters. The van der Waals surface area contributed by atoms with Crippen LogP contribution in [0.3, 0.4) is 0 Å². The summed E-state index contributed by atoms with van der Waals surface area (Å²) >= 11 is -0.231. The highest BCUT2D eigenvalue weighted by molar-refractivity contribution is 8.00. The Morgan fingerprint density at radius 3 is 2.31 bits per heavy atom. The van der Waals surface area contributed by atoms with E-state index in [2.05, 4.69) is 10.1 Å². The van der Waals surface area contributed by atoms with E-state index in [0.29, 0.717) is 11.6 Å². The molecule has 2 aromatic rings. The Morgan fingerprint density at radius 2 is 1.73 bits per heavy atom. The molecule has 144 valence electrons. The highest BCUT2D eigenvalue weighted by Crippen LogP contribution is 2.32. The fourth-order valence-electron chi connectivity index (χ4n) is 1.83. The van der Waals surface area contributed by atoms with Crippen molar-refractivity contribution in [1.29, 1.82) is 0 Å². The van der Waals surface area contributed by atoms with Crippen LogP contribution in [-0.2, 0) is 13.2 Å². The highest BCUT2D eigenvalue weighted by Gasteiger charge is 2.35. The first kappa shape index (κ1) is 20.2. The third-order valence-electron chi connectivity index (χ3n) is 2.86. The molecule has 0 amide bonds. The maximum Gasteiger partial charge on any atom is 0.441 e. The van der Waals surface area contributed by atoms with Crippen LogP contribution in [0.15, 0.2) is 18.2 Å². The molecule has 2 aromatic heterocycles. The SMILES string of the molecule is Cc1cc(OCCSC(F)(F)F)nc(Oc2cc(C(F)(F)F)nn2C)c1. The molecule has 5 nitrogen and oxygen atoms in total. The predicted molar refractivity (Wildman–Crippen MR) is 81.3 cm³/mol. The summed E-state index contributed by atoms with van der Waals surface area (Å²) in [6.45, 7) is 1.40. The number of nitrogens with zero attached hydrogens (tertiary/aromatic N) is 3. The molecule has 2 heterocycles. The van der Waals surface area contributed by atoms with Crippen LogP contribution in [-0.4, -0.2) is 32.6 Å². The fraction of sp³-hybridized carbons (Fsp3) is 0.429. The van der Waals surface area contributed by atoms with Gasteiger partial charge in [0.15, 0.2) is 5.69 Å². The van der Waals surface area contributed by atoms with Gasteiger partial charge in [-0.05, 0) is 24.2 Å². The number of hydrogen-bond acceptors (Lipinski definition) is 5. The number of halogens is 6. The largest absolute Gasteiger partial charge is 0.477 e. The molecule has 0 spiro atoms. The van der Waals surface area contributed by atoms with E-state index < -0.39 is 17.4 Å². The number of rotatable bonds is 6. The van der Waals surface area contributed by atoms with Gasteiger partial charge >= 0.3 is 11.7 Å². The van der Waals surface area contributed by atoms with Crippen molar-refractivity contribution in [1.82, 2.24) is 14.8 Å². The summed E-state index contributed by atoms with van der Waals surface area (Å²) in [5, 5.41) is 3.30. The predicted octanol–water partition coefficient (Wildman–Crippen LogP) is 4.57. The van der Waals surface area contributed by atoms with Crippen molar-refractivity contribution in [2.24, 2.45) is 7.05 Å². The van der Waals surface area contributed by atoms with Gasteiger partial charge in [-0.25, -0.2) is 4.68 Å². The van der Waals surface area contributed by atoms with Crippen LogP contribution in [0.25, 0.3) is 0 Å². The van der Waals surface area contributed by atoms with Crippen molar-refractivity contribution in [2.75, 3.05) is 12.4 Å². The summed E-state index contributed by atoms with van der Waals surface area (Å²) in [6, 6.07) is 3.62. The Balaban J connectivity index is 2.07. The second-order valence-corrected chi connectivity index (χ2v) is 6.21. The maximum atomic E-state index is 12.7. The van der Waals surface area contributed by atoms with Gasteiger partial charge in [-0.15, -0.1) is 0 Å². The van der Waals surface area contributed by atoms with Crippen LogP contribution in [0.5, 0.6) is 17.6 Å². The number of thioether (sulfide) groups is 1. The lowest BCUT2D eigenvalue weighted by molar-refractivity contribution is -0.141. The third kappa shape index (κ3) is 6.00. The lowest BCUT2D eigenvalue weighted by Gasteiger charge is -2.10. The Morgan fingerprint density at radius 1 is 1.08 bits per heavy atom. The van der Waals surface area contributed by atoms with E-state index in [4.69, 9.17) is 9.47 Å². The monoisotopic (exact) mass is 401 g/mol. The Labute approximate surface area is 148 Å². The normalized spacial score (nSPS) is 12.3. The van der Waals surface area contributed by atoms with E-state index in [1.165, 1.54) is 19.2 Å². The first-order chi connectivity index (χ1) is 11.9. The summed E-state index contributed by atoms with van der Waals surface area (Å²) in [4.78, 5) is 3.92. The number of aromatic nitrogens is 3. The van der Waals surface area contributed by atoms with E-state index in [1.807, 2.05) is 0 Å². The second kappa shape index (κ2) is 7.64. The molecule has 0 bridgehead atoms. The van der Waals surface area contributed by atoms with Crippen LogP contribution in [0.2, 0.25) is 0 Å². The van der Waals surface area contributed by atoms with Crippen molar-refractivity contribution >= 4 is 11.8 Å². The summed E-state index contributed by atoms with van der Waals surface area (Å²) < 4.78 is 85.5. The van der Waals surface area contributed by atoms with Crippen molar-refractivity contribution in [3.63, 3.8) is 0 Å². The van der Waals surface area contributed by atoms with Gasteiger partial charge in [0.25, 0.3) is 0 Å². The second-order valence-electron chi connectivity index (χ2n) is 5.05. The Kier molecular flexibility index (Phi) is 5.94. The van der Waals surface area contributed by atoms with Gasteiger partial charge in [-0.3, -0.25) is 0 Å². The molecule has 0 saturated heterocycles. The number of hydrogen-bond donors (Lipinski definition) is 0. The molecule has 2 rings (SSSR count). The lowest BCUT2D eigenvalue weighted by atomic mass is 10.3. The number of alkyl halides is 6. The van der Waals surface area contributed by atoms with Crippen LogP contribution in [0.4, 0.5) is 26.3 Å². The zero-order valence-corrected chi connectivity index (χ0v) is 14.3. The molecular formula is C14H13F6N3O2S. The minimum atomic E-state index is -4.62. The van der Waals surface area contributed by atoms with Crippen LogP contribution < -0.4 is 9.47 Å². The molecule has 0 atom stereocenters. The first-order valence-electron chi connectivity index (χ1n) is 7.05. The van der Waals surface area contributed by atoms with E-state index in [9.17, 15) is 26.3 Å². The zero-order chi connectivity index (χ0) is 19.5. The van der Waals surface area contributed by atoms with Crippen LogP contribution >= 0.6 is 11.8 Å². The van der Waals surface area contributed by atoms with Crippen LogP contribution in [0, 0.1) is 6.92 Å². The molecule has 0 aromatic carbocycles. The van der Waals surface area contributed by atoms with Crippen molar-refractivity contribution in [2.45, 2.75) is 18.6 Å². The van der Waals surface area contributed by atoms with E-state index in [-0.39, 0.29) is 41.8 Å².